The van der Waals surface area contributed by atoms with Crippen molar-refractivity contribution in [3.05, 3.63) is 0 Å². The fourth-order valence-electron chi connectivity index (χ4n) is 0.0966. The Bertz CT molecular complexity index is 94.7. The van der Waals surface area contributed by atoms with Crippen molar-refractivity contribution in [1.82, 2.24) is 0 Å². The van der Waals surface area contributed by atoms with Crippen molar-refractivity contribution in [2.75, 3.05) is 0 Å². The molecule has 0 saturated carbocycles. The van der Waals surface area contributed by atoms with Gasteiger partial charge in [-0.05, 0) is 0 Å². The van der Waals surface area contributed by atoms with Gasteiger partial charge >= 0.3 is 80.9 Å². The average Bonchev–Trinajstić information content (AvgIpc) is 1.66. The van der Waals surface area contributed by atoms with Crippen LogP contribution in [-0.4, -0.2) is 77.1 Å². The van der Waals surface area contributed by atoms with E-state index in [1.54, 1.807) is 0 Å². The predicted octanol–water partition coefficient (Wildman–Crippen LogP) is -4.30. The summed E-state index contributed by atoms with van der Waals surface area (Å²) in [5, 5.41) is 0. The van der Waals surface area contributed by atoms with Crippen LogP contribution in [0.4, 0.5) is 0 Å². The van der Waals surface area contributed by atoms with Gasteiger partial charge in [0, 0.05) is 0 Å². The van der Waals surface area contributed by atoms with Gasteiger partial charge in [0.25, 0.3) is 0 Å². The Morgan fingerprint density at radius 2 is 2.38 bits per heavy atom. The van der Waals surface area contributed by atoms with E-state index in [0.717, 1.165) is 0 Å². The van der Waals surface area contributed by atoms with Gasteiger partial charge in [0.1, 0.15) is 0 Å². The van der Waals surface area contributed by atoms with E-state index in [9.17, 15) is 3.74 Å². The van der Waals surface area contributed by atoms with Gasteiger partial charge in [0.05, 0.1) is 0 Å². The van der Waals surface area contributed by atoms with Crippen molar-refractivity contribution in [3.63, 3.8) is 0 Å². The van der Waals surface area contributed by atoms with Gasteiger partial charge in [-0.3, -0.25) is 0 Å². The molecule has 48 valence electrons. The molecule has 0 aliphatic rings. The minimum absolute atomic E-state index is 0.0418. The van der Waals surface area contributed by atoms with Crippen molar-refractivity contribution in [2.45, 2.75) is 0 Å². The minimum atomic E-state index is -2.48. The van der Waals surface area contributed by atoms with Gasteiger partial charge in [0.15, 0.2) is 0 Å². The fourth-order valence-corrected chi connectivity index (χ4v) is 235. The molecule has 0 radical (unpaired) electrons. The summed E-state index contributed by atoms with van der Waals surface area (Å²) in [7, 11) is 0. The summed E-state index contributed by atoms with van der Waals surface area (Å²) in [5.41, 5.74) is 0. The first-order valence-electron chi connectivity index (χ1n) is 1.61. The Hall–Kier alpha value is 3.11. The van der Waals surface area contributed by atoms with Crippen molar-refractivity contribution in [2.24, 2.45) is 0 Å². The van der Waals surface area contributed by atoms with Crippen LogP contribution >= 0.6 is 0 Å². The summed E-state index contributed by atoms with van der Waals surface area (Å²) in [4.78, 5) is 0. The van der Waals surface area contributed by atoms with Crippen LogP contribution in [0.5, 0.6) is 0 Å². The maximum absolute atomic E-state index is 10.2. The SMILES string of the molecule is O=[AsH](O)[As]=[As][AsH][AsH][AsH2]. The molecule has 0 spiro atoms. The van der Waals surface area contributed by atoms with Gasteiger partial charge in [-0.2, -0.15) is 0 Å². The first kappa shape index (κ1) is 11.1. The van der Waals surface area contributed by atoms with E-state index in [0.29, 0.717) is 34.3 Å². The molecule has 0 aliphatic carbocycles. The zero-order valence-electron chi connectivity index (χ0n) is 3.83. The van der Waals surface area contributed by atoms with E-state index in [1.165, 1.54) is 0 Å². The molecule has 1 N–H and O–H groups in total. The van der Waals surface area contributed by atoms with E-state index >= 15 is 0 Å². The van der Waals surface area contributed by atoms with Crippen molar-refractivity contribution >= 4 is 73.0 Å². The molecule has 2 nitrogen and oxygen atoms in total. The van der Waals surface area contributed by atoms with E-state index in [1.807, 2.05) is 14.8 Å². The molecule has 0 aromatic carbocycles. The molecule has 0 aromatic rings. The normalized spacial score (nSPS) is 17.8. The molecule has 0 rings (SSSR count). The van der Waals surface area contributed by atoms with Crippen LogP contribution < -0.4 is 0 Å². The Kier molecular flexibility index (Phi) is 11.4. The summed E-state index contributed by atoms with van der Waals surface area (Å²) in [6, 6.07) is 0. The van der Waals surface area contributed by atoms with Crippen molar-refractivity contribution < 1.29 is 7.84 Å². The molecule has 8 heavy (non-hydrogen) atoms. The van der Waals surface area contributed by atoms with E-state index < -0.39 is 12.9 Å². The van der Waals surface area contributed by atoms with Crippen LogP contribution in [0.2, 0.25) is 0 Å². The van der Waals surface area contributed by atoms with Crippen LogP contribution in [0.25, 0.3) is 0 Å². The second kappa shape index (κ2) is 8.21. The molecule has 4 atom stereocenters. The molecular formula is H6As6O2. The quantitative estimate of drug-likeness (QED) is 0.410. The van der Waals surface area contributed by atoms with Gasteiger partial charge in [-0.25, -0.2) is 0 Å². The topological polar surface area (TPSA) is 37.3 Å². The Balaban J connectivity index is 3.20. The van der Waals surface area contributed by atoms with Crippen LogP contribution in [0, 0.1) is 0 Å². The molecule has 0 amide bonds. The van der Waals surface area contributed by atoms with Gasteiger partial charge < -0.3 is 0 Å². The third-order valence-electron chi connectivity index (χ3n) is 0.250. The zero-order chi connectivity index (χ0) is 6.41. The molecule has 0 bridgehead atoms. The Morgan fingerprint density at radius 3 is 2.75 bits per heavy atom. The molecule has 0 aliphatic heterocycles. The molecule has 4 unspecified atom stereocenters. The summed E-state index contributed by atoms with van der Waals surface area (Å²) < 4.78 is 18.7. The van der Waals surface area contributed by atoms with Crippen LogP contribution in [0.3, 0.4) is 0 Å². The summed E-state index contributed by atoms with van der Waals surface area (Å²) in [5.74, 6) is 0. The number of hydrogen-bond acceptors (Lipinski definition) is 1. The zero-order valence-corrected chi connectivity index (χ0v) is 16.3. The van der Waals surface area contributed by atoms with Crippen LogP contribution in [-0.2, 0) is 3.74 Å². The third-order valence-corrected chi connectivity index (χ3v) is 132. The Labute approximate surface area is 79.1 Å². The average molecular weight is 488 g/mol. The second-order valence-corrected chi connectivity index (χ2v) is 69.6. The van der Waals surface area contributed by atoms with Crippen molar-refractivity contribution in [1.29, 1.82) is 0 Å². The monoisotopic (exact) mass is 488 g/mol. The molecule has 0 aromatic heterocycles. The first-order chi connectivity index (χ1) is 3.77. The van der Waals surface area contributed by atoms with E-state index in [4.69, 9.17) is 4.10 Å². The molecular weight excluding hydrogens is 482 g/mol. The number of hydrogen-bond donors (Lipinski definition) is 1. The first-order valence-corrected chi connectivity index (χ1v) is 34.2. The molecule has 0 fully saturated rings. The summed E-state index contributed by atoms with van der Waals surface area (Å²) in [6.07, 6.45) is 0. The predicted molar refractivity (Wildman–Crippen MR) is 44.4 cm³/mol. The van der Waals surface area contributed by atoms with Crippen LogP contribution in [0.1, 0.15) is 0 Å². The molecule has 8 heteroatoms. The summed E-state index contributed by atoms with van der Waals surface area (Å²) >= 11 is 0.944. The molecule has 0 heterocycles. The van der Waals surface area contributed by atoms with E-state index in [2.05, 4.69) is 0 Å². The Morgan fingerprint density at radius 1 is 1.75 bits per heavy atom. The standard InChI is InChI=1S/As6H6O2/c1-2-3-4-5-6(7)8/h2-3,6H,1H2,(H,7,8). The van der Waals surface area contributed by atoms with E-state index in [-0.39, 0.29) is 11.1 Å². The number of rotatable bonds is 3. The van der Waals surface area contributed by atoms with Gasteiger partial charge in [-0.1, -0.05) is 0 Å². The van der Waals surface area contributed by atoms with Crippen LogP contribution in [0.15, 0.2) is 0 Å². The van der Waals surface area contributed by atoms with Crippen molar-refractivity contribution in [3.8, 4) is 0 Å². The third kappa shape index (κ3) is 9.11. The van der Waals surface area contributed by atoms with Gasteiger partial charge in [-0.15, -0.1) is 0 Å². The second-order valence-electron chi connectivity index (χ2n) is 0.739. The van der Waals surface area contributed by atoms with Gasteiger partial charge in [0.2, 0.25) is 0 Å². The fraction of sp³-hybridized carbons (Fsp3) is 0. The molecule has 0 saturated heterocycles. The summed E-state index contributed by atoms with van der Waals surface area (Å²) in [6.45, 7) is 0. The maximum atomic E-state index is 10.2.